The van der Waals surface area contributed by atoms with Gasteiger partial charge < -0.3 is 16.8 Å². The maximum absolute atomic E-state index is 5.71. The monoisotopic (exact) mass is 251 g/mol. The van der Waals surface area contributed by atoms with Crippen molar-refractivity contribution in [2.24, 2.45) is 5.73 Å². The molecule has 0 fully saturated rings. The number of hydrogen-bond acceptors (Lipinski definition) is 5. The number of aromatic nitrogens is 2. The van der Waals surface area contributed by atoms with Crippen molar-refractivity contribution in [1.82, 2.24) is 9.97 Å². The first-order chi connectivity index (χ1) is 8.69. The van der Waals surface area contributed by atoms with Gasteiger partial charge in [-0.15, -0.1) is 0 Å². The summed E-state index contributed by atoms with van der Waals surface area (Å²) >= 11 is 0. The van der Waals surface area contributed by atoms with Gasteiger partial charge in [0.2, 0.25) is 5.95 Å². The van der Waals surface area contributed by atoms with Crippen LogP contribution in [0, 0.1) is 6.92 Å². The molecule has 102 valence electrons. The molecule has 0 spiro atoms. The van der Waals surface area contributed by atoms with Gasteiger partial charge in [-0.2, -0.15) is 4.98 Å². The lowest BCUT2D eigenvalue weighted by molar-refractivity contribution is 0.736. The third-order valence-electron chi connectivity index (χ3n) is 2.93. The van der Waals surface area contributed by atoms with E-state index >= 15 is 0 Å². The molecule has 0 atom stereocenters. The summed E-state index contributed by atoms with van der Waals surface area (Å²) in [7, 11) is 0. The average Bonchev–Trinajstić information content (AvgIpc) is 2.32. The Bertz CT molecular complexity index is 365. The zero-order valence-electron chi connectivity index (χ0n) is 11.5. The molecule has 0 unspecified atom stereocenters. The number of nitrogens with zero attached hydrogens (tertiary/aromatic N) is 2. The number of nitrogen functional groups attached to an aromatic ring is 1. The highest BCUT2D eigenvalue weighted by atomic mass is 15.1. The fourth-order valence-electron chi connectivity index (χ4n) is 1.89. The van der Waals surface area contributed by atoms with Crippen molar-refractivity contribution in [1.29, 1.82) is 0 Å². The summed E-state index contributed by atoms with van der Waals surface area (Å²) in [6.07, 6.45) is 5.34. The second kappa shape index (κ2) is 7.87. The number of nitrogens with two attached hydrogens (primary N) is 2. The highest BCUT2D eigenvalue weighted by Crippen LogP contribution is 2.19. The molecule has 0 aliphatic rings. The maximum Gasteiger partial charge on any atom is 0.222 e. The number of rotatable bonds is 8. The van der Waals surface area contributed by atoms with Crippen molar-refractivity contribution in [3.63, 3.8) is 0 Å². The molecule has 5 N–H and O–H groups in total. The summed E-state index contributed by atoms with van der Waals surface area (Å²) < 4.78 is 0. The molecule has 1 heterocycles. The Kier molecular flexibility index (Phi) is 6.43. The average molecular weight is 251 g/mol. The van der Waals surface area contributed by atoms with Crippen molar-refractivity contribution < 1.29 is 0 Å². The van der Waals surface area contributed by atoms with Gasteiger partial charge in [0.15, 0.2) is 0 Å². The minimum Gasteiger partial charge on any atom is -0.370 e. The molecular formula is C13H25N5. The van der Waals surface area contributed by atoms with Gasteiger partial charge in [-0.05, 0) is 39.2 Å². The van der Waals surface area contributed by atoms with Gasteiger partial charge >= 0.3 is 0 Å². The molecule has 5 nitrogen and oxygen atoms in total. The summed E-state index contributed by atoms with van der Waals surface area (Å²) in [6.45, 7) is 5.81. The molecule has 0 saturated heterocycles. The zero-order chi connectivity index (χ0) is 13.4. The smallest absolute Gasteiger partial charge is 0.222 e. The molecule has 0 aliphatic heterocycles. The summed E-state index contributed by atoms with van der Waals surface area (Å²) in [5.74, 6) is 1.24. The molecule has 5 heteroatoms. The van der Waals surface area contributed by atoms with E-state index in [0.717, 1.165) is 56.7 Å². The first kappa shape index (κ1) is 14.7. The van der Waals surface area contributed by atoms with E-state index in [1.165, 1.54) is 5.56 Å². The first-order valence-corrected chi connectivity index (χ1v) is 6.76. The third kappa shape index (κ3) is 4.49. The largest absolute Gasteiger partial charge is 0.370 e. The molecule has 1 rings (SSSR count). The van der Waals surface area contributed by atoms with Gasteiger partial charge in [0, 0.05) is 17.8 Å². The molecule has 0 radical (unpaired) electrons. The SMILES string of the molecule is CCCCNc1nc(N)nc(C)c1CCCCN. The maximum atomic E-state index is 5.71. The van der Waals surface area contributed by atoms with Crippen LogP contribution in [0.3, 0.4) is 0 Å². The van der Waals surface area contributed by atoms with Crippen LogP contribution >= 0.6 is 0 Å². The van der Waals surface area contributed by atoms with E-state index in [1.807, 2.05) is 6.92 Å². The van der Waals surface area contributed by atoms with E-state index in [4.69, 9.17) is 11.5 Å². The van der Waals surface area contributed by atoms with Gasteiger partial charge in [-0.1, -0.05) is 13.3 Å². The molecule has 0 aliphatic carbocycles. The first-order valence-electron chi connectivity index (χ1n) is 6.76. The fraction of sp³-hybridized carbons (Fsp3) is 0.692. The highest BCUT2D eigenvalue weighted by molar-refractivity contribution is 5.49. The molecule has 1 aromatic heterocycles. The summed E-state index contributed by atoms with van der Waals surface area (Å²) in [4.78, 5) is 8.55. The Morgan fingerprint density at radius 2 is 1.94 bits per heavy atom. The van der Waals surface area contributed by atoms with Crippen LogP contribution in [0.5, 0.6) is 0 Å². The lowest BCUT2D eigenvalue weighted by atomic mass is 10.1. The molecule has 1 aromatic rings. The molecule has 0 bridgehead atoms. The minimum absolute atomic E-state index is 0.342. The Morgan fingerprint density at radius 1 is 1.17 bits per heavy atom. The van der Waals surface area contributed by atoms with E-state index < -0.39 is 0 Å². The number of hydrogen-bond donors (Lipinski definition) is 3. The van der Waals surface area contributed by atoms with Crippen molar-refractivity contribution in [2.75, 3.05) is 24.1 Å². The van der Waals surface area contributed by atoms with E-state index in [1.54, 1.807) is 0 Å². The van der Waals surface area contributed by atoms with Crippen LogP contribution in [0.2, 0.25) is 0 Å². The molecule has 0 aromatic carbocycles. The van der Waals surface area contributed by atoms with Gasteiger partial charge in [0.1, 0.15) is 5.82 Å². The normalized spacial score (nSPS) is 10.6. The second-order valence-corrected chi connectivity index (χ2v) is 4.52. The van der Waals surface area contributed by atoms with Gasteiger partial charge in [-0.25, -0.2) is 4.98 Å². The van der Waals surface area contributed by atoms with E-state index in [0.29, 0.717) is 5.95 Å². The quantitative estimate of drug-likeness (QED) is 0.614. The Hall–Kier alpha value is -1.36. The van der Waals surface area contributed by atoms with Crippen LogP contribution < -0.4 is 16.8 Å². The van der Waals surface area contributed by atoms with Crippen LogP contribution in [0.15, 0.2) is 0 Å². The molecule has 0 saturated carbocycles. The van der Waals surface area contributed by atoms with Crippen molar-refractivity contribution in [3.8, 4) is 0 Å². The zero-order valence-corrected chi connectivity index (χ0v) is 11.5. The van der Waals surface area contributed by atoms with Gasteiger partial charge in [0.25, 0.3) is 0 Å². The third-order valence-corrected chi connectivity index (χ3v) is 2.93. The Morgan fingerprint density at radius 3 is 2.61 bits per heavy atom. The van der Waals surface area contributed by atoms with Crippen molar-refractivity contribution >= 4 is 11.8 Å². The Balaban J connectivity index is 2.76. The number of unbranched alkanes of at least 4 members (excludes halogenated alkanes) is 2. The lowest BCUT2D eigenvalue weighted by Crippen LogP contribution is -2.11. The highest BCUT2D eigenvalue weighted by Gasteiger charge is 2.09. The van der Waals surface area contributed by atoms with Crippen molar-refractivity contribution in [2.45, 2.75) is 46.0 Å². The lowest BCUT2D eigenvalue weighted by Gasteiger charge is -2.13. The van der Waals surface area contributed by atoms with Crippen LogP contribution in [0.1, 0.15) is 43.9 Å². The van der Waals surface area contributed by atoms with Crippen LogP contribution in [0.25, 0.3) is 0 Å². The second-order valence-electron chi connectivity index (χ2n) is 4.52. The standard InChI is InChI=1S/C13H25N5/c1-3-4-9-16-12-11(7-5-6-8-14)10(2)17-13(15)18-12/h3-9,14H2,1-2H3,(H3,15,16,17,18). The fourth-order valence-corrected chi connectivity index (χ4v) is 1.89. The van der Waals surface area contributed by atoms with Gasteiger partial charge in [0.05, 0.1) is 0 Å². The molecular weight excluding hydrogens is 226 g/mol. The molecule has 0 amide bonds. The number of anilines is 2. The van der Waals surface area contributed by atoms with Gasteiger partial charge in [-0.3, -0.25) is 0 Å². The van der Waals surface area contributed by atoms with Crippen LogP contribution in [0.4, 0.5) is 11.8 Å². The predicted octanol–water partition coefficient (Wildman–Crippen LogP) is 1.86. The number of aryl methyl sites for hydroxylation is 1. The van der Waals surface area contributed by atoms with Crippen LogP contribution in [-0.2, 0) is 6.42 Å². The minimum atomic E-state index is 0.342. The van der Waals surface area contributed by atoms with Crippen LogP contribution in [-0.4, -0.2) is 23.1 Å². The van der Waals surface area contributed by atoms with E-state index in [-0.39, 0.29) is 0 Å². The van der Waals surface area contributed by atoms with E-state index in [2.05, 4.69) is 22.2 Å². The molecule has 18 heavy (non-hydrogen) atoms. The topological polar surface area (TPSA) is 89.8 Å². The van der Waals surface area contributed by atoms with Crippen molar-refractivity contribution in [3.05, 3.63) is 11.3 Å². The van der Waals surface area contributed by atoms with E-state index in [9.17, 15) is 0 Å². The summed E-state index contributed by atoms with van der Waals surface area (Å²) in [5, 5.41) is 3.36. The predicted molar refractivity (Wildman–Crippen MR) is 76.6 cm³/mol. The summed E-state index contributed by atoms with van der Waals surface area (Å²) in [6, 6.07) is 0. The summed E-state index contributed by atoms with van der Waals surface area (Å²) in [5.41, 5.74) is 13.4. The Labute approximate surface area is 109 Å². The number of nitrogens with one attached hydrogen (secondary N) is 1.